The third-order valence-corrected chi connectivity index (χ3v) is 5.83. The van der Waals surface area contributed by atoms with E-state index in [1.165, 1.54) is 57.2 Å². The van der Waals surface area contributed by atoms with Gasteiger partial charge in [-0.3, -0.25) is 10.1 Å². The maximum atomic E-state index is 4.53. The third kappa shape index (κ3) is 5.91. The molecule has 7 nitrogen and oxygen atoms in total. The van der Waals surface area contributed by atoms with Crippen LogP contribution in [0.2, 0.25) is 0 Å². The highest BCUT2D eigenvalue weighted by atomic mass is 127. The summed E-state index contributed by atoms with van der Waals surface area (Å²) in [4.78, 5) is 13.8. The van der Waals surface area contributed by atoms with Crippen molar-refractivity contribution in [1.82, 2.24) is 30.3 Å². The minimum Gasteiger partial charge on any atom is -0.352 e. The maximum absolute atomic E-state index is 4.53. The SMILES string of the molecule is CN=C(NCc1cccc(-c2ncn[nH]2)c1)N1CCC(CN2CCCCC2)C1.I. The number of likely N-dealkylation sites (tertiary alicyclic amines) is 2. The number of H-pyrrole nitrogens is 1. The van der Waals surface area contributed by atoms with Gasteiger partial charge in [-0.15, -0.1) is 24.0 Å². The zero-order valence-electron chi connectivity index (χ0n) is 17.2. The zero-order valence-corrected chi connectivity index (χ0v) is 19.5. The highest BCUT2D eigenvalue weighted by molar-refractivity contribution is 14.0. The van der Waals surface area contributed by atoms with Crippen molar-refractivity contribution in [3.8, 4) is 11.4 Å². The molecule has 0 aliphatic carbocycles. The Bertz CT molecular complexity index is 771. The number of aliphatic imine (C=N–C) groups is 1. The molecule has 2 saturated heterocycles. The lowest BCUT2D eigenvalue weighted by Crippen LogP contribution is -2.41. The van der Waals surface area contributed by atoms with E-state index >= 15 is 0 Å². The number of rotatable bonds is 5. The smallest absolute Gasteiger partial charge is 0.193 e. The summed E-state index contributed by atoms with van der Waals surface area (Å²) in [5.74, 6) is 2.56. The number of benzene rings is 1. The van der Waals surface area contributed by atoms with Crippen LogP contribution in [0.4, 0.5) is 0 Å². The molecule has 1 atom stereocenters. The van der Waals surface area contributed by atoms with Gasteiger partial charge in [-0.05, 0) is 49.9 Å². The minimum atomic E-state index is 0. The van der Waals surface area contributed by atoms with Gasteiger partial charge in [0, 0.05) is 38.8 Å². The fourth-order valence-corrected chi connectivity index (χ4v) is 4.37. The predicted molar refractivity (Wildman–Crippen MR) is 127 cm³/mol. The lowest BCUT2D eigenvalue weighted by molar-refractivity contribution is 0.198. The second-order valence-corrected chi connectivity index (χ2v) is 7.90. The first-order valence-electron chi connectivity index (χ1n) is 10.4. The van der Waals surface area contributed by atoms with Crippen molar-refractivity contribution in [2.24, 2.45) is 10.9 Å². The van der Waals surface area contributed by atoms with E-state index in [0.717, 1.165) is 42.9 Å². The Kier molecular flexibility index (Phi) is 8.29. The number of guanidine groups is 1. The molecule has 1 aromatic carbocycles. The van der Waals surface area contributed by atoms with Gasteiger partial charge in [-0.2, -0.15) is 5.10 Å². The summed E-state index contributed by atoms with van der Waals surface area (Å²) in [5, 5.41) is 10.4. The van der Waals surface area contributed by atoms with Crippen molar-refractivity contribution in [2.45, 2.75) is 32.2 Å². The molecular formula is C21H32IN7. The minimum absolute atomic E-state index is 0. The molecule has 2 aliphatic heterocycles. The molecule has 2 N–H and O–H groups in total. The average molecular weight is 509 g/mol. The number of halogens is 1. The third-order valence-electron chi connectivity index (χ3n) is 5.83. The fraction of sp³-hybridized carbons (Fsp3) is 0.571. The van der Waals surface area contributed by atoms with Crippen molar-refractivity contribution < 1.29 is 0 Å². The van der Waals surface area contributed by atoms with Gasteiger partial charge >= 0.3 is 0 Å². The number of hydrogen-bond donors (Lipinski definition) is 2. The molecule has 2 fully saturated rings. The van der Waals surface area contributed by atoms with Crippen LogP contribution >= 0.6 is 24.0 Å². The van der Waals surface area contributed by atoms with Crippen molar-refractivity contribution in [2.75, 3.05) is 39.8 Å². The Morgan fingerprint density at radius 3 is 2.86 bits per heavy atom. The maximum Gasteiger partial charge on any atom is 0.193 e. The number of nitrogens with one attached hydrogen (secondary N) is 2. The second-order valence-electron chi connectivity index (χ2n) is 7.90. The summed E-state index contributed by atoms with van der Waals surface area (Å²) < 4.78 is 0. The van der Waals surface area contributed by atoms with E-state index in [4.69, 9.17) is 0 Å². The fourth-order valence-electron chi connectivity index (χ4n) is 4.37. The van der Waals surface area contributed by atoms with Gasteiger partial charge in [-0.25, -0.2) is 4.98 Å². The summed E-state index contributed by atoms with van der Waals surface area (Å²) in [5.41, 5.74) is 2.26. The van der Waals surface area contributed by atoms with Gasteiger partial charge < -0.3 is 15.1 Å². The van der Waals surface area contributed by atoms with Crippen LogP contribution in [0.5, 0.6) is 0 Å². The lowest BCUT2D eigenvalue weighted by Gasteiger charge is -2.29. The molecule has 0 radical (unpaired) electrons. The van der Waals surface area contributed by atoms with Gasteiger partial charge in [0.05, 0.1) is 0 Å². The Morgan fingerprint density at radius 2 is 2.10 bits per heavy atom. The molecule has 0 saturated carbocycles. The Labute approximate surface area is 190 Å². The largest absolute Gasteiger partial charge is 0.352 e. The van der Waals surface area contributed by atoms with Crippen LogP contribution in [0.3, 0.4) is 0 Å². The van der Waals surface area contributed by atoms with Crippen LogP contribution in [-0.2, 0) is 6.54 Å². The molecule has 1 unspecified atom stereocenters. The van der Waals surface area contributed by atoms with Crippen LogP contribution in [0, 0.1) is 5.92 Å². The van der Waals surface area contributed by atoms with Gasteiger partial charge in [0.2, 0.25) is 0 Å². The van der Waals surface area contributed by atoms with Gasteiger partial charge in [0.25, 0.3) is 0 Å². The summed E-state index contributed by atoms with van der Waals surface area (Å²) >= 11 is 0. The average Bonchev–Trinajstić information content (AvgIpc) is 3.42. The van der Waals surface area contributed by atoms with E-state index in [0.29, 0.717) is 0 Å². The van der Waals surface area contributed by atoms with Crippen molar-refractivity contribution >= 4 is 29.9 Å². The van der Waals surface area contributed by atoms with Gasteiger partial charge in [0.15, 0.2) is 11.8 Å². The van der Waals surface area contributed by atoms with E-state index in [2.05, 4.69) is 53.5 Å². The van der Waals surface area contributed by atoms with Gasteiger partial charge in [0.1, 0.15) is 6.33 Å². The molecule has 3 heterocycles. The van der Waals surface area contributed by atoms with Crippen LogP contribution in [0.1, 0.15) is 31.2 Å². The van der Waals surface area contributed by atoms with E-state index < -0.39 is 0 Å². The highest BCUT2D eigenvalue weighted by Gasteiger charge is 2.26. The molecule has 0 spiro atoms. The van der Waals surface area contributed by atoms with Crippen LogP contribution < -0.4 is 5.32 Å². The standard InChI is InChI=1S/C21H31N7.HI/c1-22-21(28-11-8-18(15-28)14-27-9-3-2-4-10-27)23-13-17-6-5-7-19(12-17)20-24-16-25-26-20;/h5-7,12,16,18H,2-4,8-11,13-15H2,1H3,(H,22,23)(H,24,25,26);1H. The molecular weight excluding hydrogens is 477 g/mol. The van der Waals surface area contributed by atoms with Gasteiger partial charge in [-0.1, -0.05) is 24.6 Å². The van der Waals surface area contributed by atoms with E-state index in [1.54, 1.807) is 0 Å². The van der Waals surface area contributed by atoms with E-state index in [-0.39, 0.29) is 24.0 Å². The van der Waals surface area contributed by atoms with Crippen LogP contribution in [-0.4, -0.2) is 70.7 Å². The summed E-state index contributed by atoms with van der Waals surface area (Å²) in [6.07, 6.45) is 6.94. The zero-order chi connectivity index (χ0) is 19.2. The summed E-state index contributed by atoms with van der Waals surface area (Å²) in [6, 6.07) is 8.37. The second kappa shape index (κ2) is 10.9. The van der Waals surface area contributed by atoms with Crippen molar-refractivity contribution in [1.29, 1.82) is 0 Å². The quantitative estimate of drug-likeness (QED) is 0.369. The Balaban J connectivity index is 0.00000240. The number of aromatic amines is 1. The number of piperidine rings is 1. The molecule has 29 heavy (non-hydrogen) atoms. The van der Waals surface area contributed by atoms with Crippen molar-refractivity contribution in [3.63, 3.8) is 0 Å². The Morgan fingerprint density at radius 1 is 1.24 bits per heavy atom. The summed E-state index contributed by atoms with van der Waals surface area (Å²) in [7, 11) is 1.88. The first-order chi connectivity index (χ1) is 13.8. The molecule has 2 aliphatic rings. The molecule has 158 valence electrons. The Hall–Kier alpha value is -1.68. The monoisotopic (exact) mass is 509 g/mol. The topological polar surface area (TPSA) is 72.4 Å². The van der Waals surface area contributed by atoms with E-state index in [9.17, 15) is 0 Å². The lowest BCUT2D eigenvalue weighted by atomic mass is 10.1. The first-order valence-corrected chi connectivity index (χ1v) is 10.4. The summed E-state index contributed by atoms with van der Waals surface area (Å²) in [6.45, 7) is 6.76. The van der Waals surface area contributed by atoms with Crippen LogP contribution in [0.15, 0.2) is 35.6 Å². The first kappa shape index (κ1) is 22.0. The highest BCUT2D eigenvalue weighted by Crippen LogP contribution is 2.20. The molecule has 0 amide bonds. The molecule has 4 rings (SSSR count). The van der Waals surface area contributed by atoms with E-state index in [1.807, 2.05) is 13.1 Å². The molecule has 0 bridgehead atoms. The number of nitrogens with zero attached hydrogens (tertiary/aromatic N) is 5. The van der Waals surface area contributed by atoms with Crippen LogP contribution in [0.25, 0.3) is 11.4 Å². The van der Waals surface area contributed by atoms with Crippen molar-refractivity contribution in [3.05, 3.63) is 36.2 Å². The molecule has 2 aromatic rings. The normalized spacial score (nSPS) is 20.5. The predicted octanol–water partition coefficient (Wildman–Crippen LogP) is 2.97. The number of aromatic nitrogens is 3. The molecule has 8 heteroatoms. The molecule has 1 aromatic heterocycles. The number of hydrogen-bond acceptors (Lipinski definition) is 4.